The second-order valence-electron chi connectivity index (χ2n) is 10.7. The number of hydrogen-bond acceptors (Lipinski definition) is 7. The van der Waals surface area contributed by atoms with Crippen molar-refractivity contribution < 1.29 is 24.0 Å². The highest BCUT2D eigenvalue weighted by molar-refractivity contribution is 6.25. The number of nitro groups is 1. The van der Waals surface area contributed by atoms with E-state index < -0.39 is 34.0 Å². The van der Waals surface area contributed by atoms with Gasteiger partial charge in [-0.2, -0.15) is 5.10 Å². The number of nitrogens with zero attached hydrogens (tertiary/aromatic N) is 3. The van der Waals surface area contributed by atoms with E-state index in [1.54, 1.807) is 30.5 Å². The van der Waals surface area contributed by atoms with Crippen molar-refractivity contribution in [2.24, 2.45) is 16.9 Å². The second kappa shape index (κ2) is 9.73. The van der Waals surface area contributed by atoms with Gasteiger partial charge in [-0.15, -0.1) is 0 Å². The molecule has 1 N–H and O–H groups in total. The van der Waals surface area contributed by atoms with Gasteiger partial charge >= 0.3 is 0 Å². The van der Waals surface area contributed by atoms with Crippen molar-refractivity contribution in [1.82, 2.24) is 5.43 Å². The molecule has 8 rings (SSSR count). The Morgan fingerprint density at radius 1 is 0.930 bits per heavy atom. The van der Waals surface area contributed by atoms with Gasteiger partial charge in [0, 0.05) is 29.8 Å². The molecular formula is C33H24N4O6. The molecule has 1 aliphatic heterocycles. The molecule has 1 fully saturated rings. The van der Waals surface area contributed by atoms with Gasteiger partial charge in [0.1, 0.15) is 5.75 Å². The molecule has 4 aromatic carbocycles. The van der Waals surface area contributed by atoms with Gasteiger partial charge in [-0.3, -0.25) is 24.5 Å². The largest absolute Gasteiger partial charge is 0.497 e. The number of anilines is 1. The monoisotopic (exact) mass is 572 g/mol. The van der Waals surface area contributed by atoms with Crippen LogP contribution < -0.4 is 15.1 Å². The van der Waals surface area contributed by atoms with Crippen molar-refractivity contribution in [1.29, 1.82) is 0 Å². The molecule has 0 saturated carbocycles. The third kappa shape index (κ3) is 3.72. The molecule has 2 atom stereocenters. The van der Waals surface area contributed by atoms with E-state index in [0.717, 1.165) is 27.2 Å². The zero-order valence-corrected chi connectivity index (χ0v) is 22.8. The van der Waals surface area contributed by atoms with E-state index in [-0.39, 0.29) is 23.2 Å². The van der Waals surface area contributed by atoms with Gasteiger partial charge in [0.15, 0.2) is 0 Å². The van der Waals surface area contributed by atoms with Crippen LogP contribution in [0.4, 0.5) is 11.4 Å². The van der Waals surface area contributed by atoms with E-state index >= 15 is 0 Å². The standard InChI is InChI=1S/C33H24N4O6/c1-43-22-8-6-7-19(17-22)30(38)35-34-18-33-25-11-4-2-9-23(25)27(24-10-3-5-12-26(24)33)28-29(33)32(40)36(31(28)39)20-13-15-21(16-14-20)37(41)42/h2-18,27-29H,1H3,(H,35,38)/b34-18-/t27?,28-,29+,33?/m0/s1. The summed E-state index contributed by atoms with van der Waals surface area (Å²) in [7, 11) is 1.51. The lowest BCUT2D eigenvalue weighted by atomic mass is 9.47. The Balaban J connectivity index is 1.36. The number of hydrogen-bond donors (Lipinski definition) is 1. The van der Waals surface area contributed by atoms with Crippen LogP contribution in [0.2, 0.25) is 0 Å². The predicted octanol–water partition coefficient (Wildman–Crippen LogP) is 4.57. The van der Waals surface area contributed by atoms with E-state index in [1.807, 2.05) is 48.5 Å². The second-order valence-corrected chi connectivity index (χ2v) is 10.7. The van der Waals surface area contributed by atoms with Crippen LogP contribution >= 0.6 is 0 Å². The number of carbonyl (C=O) groups is 3. The van der Waals surface area contributed by atoms with Crippen molar-refractivity contribution in [2.75, 3.05) is 12.0 Å². The molecule has 4 aliphatic rings. The van der Waals surface area contributed by atoms with Gasteiger partial charge in [-0.25, -0.2) is 10.3 Å². The Morgan fingerprint density at radius 2 is 1.58 bits per heavy atom. The highest BCUT2D eigenvalue weighted by Crippen LogP contribution is 2.63. The van der Waals surface area contributed by atoms with Gasteiger partial charge < -0.3 is 4.74 Å². The molecule has 10 heteroatoms. The quantitative estimate of drug-likeness (QED) is 0.156. The number of amides is 3. The number of non-ortho nitro benzene ring substituents is 1. The van der Waals surface area contributed by atoms with Crippen LogP contribution in [0.1, 0.15) is 38.5 Å². The minimum atomic E-state index is -1.17. The Labute approximate surface area is 245 Å². The van der Waals surface area contributed by atoms with Crippen molar-refractivity contribution in [3.63, 3.8) is 0 Å². The number of rotatable bonds is 6. The van der Waals surface area contributed by atoms with Crippen LogP contribution in [0.5, 0.6) is 5.75 Å². The number of nitrogens with one attached hydrogen (secondary N) is 1. The summed E-state index contributed by atoms with van der Waals surface area (Å²) >= 11 is 0. The summed E-state index contributed by atoms with van der Waals surface area (Å²) in [5.41, 5.74) is 5.41. The fourth-order valence-corrected chi connectivity index (χ4v) is 7.05. The minimum Gasteiger partial charge on any atom is -0.497 e. The third-order valence-corrected chi connectivity index (χ3v) is 8.77. The average Bonchev–Trinajstić information content (AvgIpc) is 3.31. The maximum absolute atomic E-state index is 14.4. The van der Waals surface area contributed by atoms with Crippen molar-refractivity contribution >= 4 is 35.3 Å². The molecule has 0 radical (unpaired) electrons. The molecule has 2 bridgehead atoms. The molecule has 3 amide bonds. The Morgan fingerprint density at radius 3 is 2.21 bits per heavy atom. The highest BCUT2D eigenvalue weighted by atomic mass is 16.6. The van der Waals surface area contributed by atoms with Crippen LogP contribution in [-0.4, -0.2) is 36.0 Å². The molecule has 4 aromatic rings. The van der Waals surface area contributed by atoms with Crippen LogP contribution in [0.25, 0.3) is 0 Å². The topological polar surface area (TPSA) is 131 Å². The number of benzene rings is 4. The maximum Gasteiger partial charge on any atom is 0.271 e. The third-order valence-electron chi connectivity index (χ3n) is 8.77. The maximum atomic E-state index is 14.4. The van der Waals surface area contributed by atoms with Crippen molar-refractivity contribution in [2.45, 2.75) is 11.3 Å². The summed E-state index contributed by atoms with van der Waals surface area (Å²) in [5.74, 6) is -2.73. The SMILES string of the molecule is COc1cccc(C(=O)N/N=C\C23c4ccccc4C(c4ccccc42)[C@@H]2C(=O)N(c4ccc([N+](=O)[O-])cc4)C(=O)[C@@H]23)c1. The number of imide groups is 1. The van der Waals surface area contributed by atoms with Gasteiger partial charge in [0.25, 0.3) is 11.6 Å². The van der Waals surface area contributed by atoms with E-state index in [9.17, 15) is 24.5 Å². The Bertz CT molecular complexity index is 1820. The highest BCUT2D eigenvalue weighted by Gasteiger charge is 2.68. The molecule has 0 unspecified atom stereocenters. The minimum absolute atomic E-state index is 0.143. The lowest BCUT2D eigenvalue weighted by molar-refractivity contribution is -0.384. The first kappa shape index (κ1) is 26.3. The number of carbonyl (C=O) groups excluding carboxylic acids is 3. The van der Waals surface area contributed by atoms with Crippen molar-refractivity contribution in [3.8, 4) is 5.75 Å². The zero-order valence-electron chi connectivity index (χ0n) is 22.8. The molecule has 1 heterocycles. The summed E-state index contributed by atoms with van der Waals surface area (Å²) < 4.78 is 5.23. The van der Waals surface area contributed by atoms with Crippen LogP contribution in [-0.2, 0) is 15.0 Å². The molecule has 10 nitrogen and oxygen atoms in total. The smallest absolute Gasteiger partial charge is 0.271 e. The van der Waals surface area contributed by atoms with Gasteiger partial charge in [-0.05, 0) is 52.6 Å². The first-order valence-electron chi connectivity index (χ1n) is 13.7. The molecule has 43 heavy (non-hydrogen) atoms. The first-order chi connectivity index (χ1) is 20.9. The van der Waals surface area contributed by atoms with Gasteiger partial charge in [0.05, 0.1) is 35.0 Å². The lowest BCUT2D eigenvalue weighted by Gasteiger charge is -2.52. The molecular weight excluding hydrogens is 548 g/mol. The van der Waals surface area contributed by atoms with E-state index in [0.29, 0.717) is 11.3 Å². The van der Waals surface area contributed by atoms with E-state index in [2.05, 4.69) is 10.5 Å². The zero-order chi connectivity index (χ0) is 29.9. The number of methoxy groups -OCH3 is 1. The molecule has 0 spiro atoms. The Hall–Kier alpha value is -5.64. The molecule has 0 aromatic heterocycles. The summed E-state index contributed by atoms with van der Waals surface area (Å²) in [6, 6.07) is 27.5. The Kier molecular flexibility index (Phi) is 5.94. The van der Waals surface area contributed by atoms with Crippen LogP contribution in [0, 0.1) is 22.0 Å². The van der Waals surface area contributed by atoms with Gasteiger partial charge in [0.2, 0.25) is 11.8 Å². The normalized spacial score (nSPS) is 23.1. The molecule has 3 aliphatic carbocycles. The molecule has 1 saturated heterocycles. The average molecular weight is 573 g/mol. The number of nitro benzene ring substituents is 1. The fraction of sp³-hybridized carbons (Fsp3) is 0.152. The van der Waals surface area contributed by atoms with E-state index in [4.69, 9.17) is 4.74 Å². The van der Waals surface area contributed by atoms with E-state index in [1.165, 1.54) is 31.4 Å². The summed E-state index contributed by atoms with van der Waals surface area (Å²) in [5, 5.41) is 15.7. The first-order valence-corrected chi connectivity index (χ1v) is 13.7. The lowest BCUT2D eigenvalue weighted by Crippen LogP contribution is -2.54. The van der Waals surface area contributed by atoms with Crippen LogP contribution in [0.3, 0.4) is 0 Å². The molecule has 212 valence electrons. The number of hydrazone groups is 1. The van der Waals surface area contributed by atoms with Crippen molar-refractivity contribution in [3.05, 3.63) is 135 Å². The van der Waals surface area contributed by atoms with Crippen LogP contribution in [0.15, 0.2) is 102 Å². The van der Waals surface area contributed by atoms with Gasteiger partial charge in [-0.1, -0.05) is 54.6 Å². The summed E-state index contributed by atoms with van der Waals surface area (Å²) in [6.07, 6.45) is 1.58. The number of ether oxygens (including phenoxy) is 1. The summed E-state index contributed by atoms with van der Waals surface area (Å²) in [6.45, 7) is 0. The summed E-state index contributed by atoms with van der Waals surface area (Å²) in [4.78, 5) is 53.5. The predicted molar refractivity (Wildman–Crippen MR) is 157 cm³/mol. The fourth-order valence-electron chi connectivity index (χ4n) is 7.05.